The molecule has 4 heteroatoms. The van der Waals surface area contributed by atoms with E-state index in [-0.39, 0.29) is 19.2 Å². The molecule has 0 aromatic rings. The van der Waals surface area contributed by atoms with Crippen LogP contribution in [-0.4, -0.2) is 37.0 Å². The standard InChI is InChI=1S/C45H74O4/c1-3-5-7-9-11-13-15-17-19-21-23-24-26-28-30-32-34-36-38-40-45(47)49-44(42-46)43-48-41-39-37-35-33-31-29-27-25-22-20-18-16-14-12-10-8-6-4-2/h5-8,11-14,17-20,23-24,28,30,44,46H,3-4,9-10,15-16,21-22,25-27,29,31-43H2,1-2H3/b7-5-,8-6-,13-11-,14-12-,19-17-,20-18-,24-23-,30-28-. The molecule has 1 atom stereocenters. The molecule has 0 fully saturated rings. The van der Waals surface area contributed by atoms with E-state index in [0.717, 1.165) is 89.9 Å². The highest BCUT2D eigenvalue weighted by molar-refractivity contribution is 5.69. The van der Waals surface area contributed by atoms with Gasteiger partial charge in [-0.15, -0.1) is 0 Å². The SMILES string of the molecule is CC/C=C\C/C=C\C/C=C\C/C=C\C/C=C\CCCCCC(=O)OC(CO)COCCCCCCCCCC/C=C\C/C=C\C/C=C\CC. The first-order valence-corrected chi connectivity index (χ1v) is 19.8. The van der Waals surface area contributed by atoms with Crippen molar-refractivity contribution in [3.05, 3.63) is 97.2 Å². The zero-order valence-corrected chi connectivity index (χ0v) is 31.7. The molecule has 0 bridgehead atoms. The number of carbonyl (C=O) groups is 1. The number of ether oxygens (including phenoxy) is 2. The Hall–Kier alpha value is -2.69. The van der Waals surface area contributed by atoms with Crippen LogP contribution in [0.3, 0.4) is 0 Å². The summed E-state index contributed by atoms with van der Waals surface area (Å²) in [6, 6.07) is 0. The fraction of sp³-hybridized carbons (Fsp3) is 0.622. The topological polar surface area (TPSA) is 55.8 Å². The quantitative estimate of drug-likeness (QED) is 0.0412. The third-order valence-corrected chi connectivity index (χ3v) is 7.90. The Morgan fingerprint density at radius 2 is 0.857 bits per heavy atom. The van der Waals surface area contributed by atoms with Gasteiger partial charge in [0.1, 0.15) is 6.10 Å². The minimum Gasteiger partial charge on any atom is -0.457 e. The average molecular weight is 679 g/mol. The zero-order chi connectivity index (χ0) is 35.6. The van der Waals surface area contributed by atoms with Crippen LogP contribution in [0.15, 0.2) is 97.2 Å². The highest BCUT2D eigenvalue weighted by Crippen LogP contribution is 2.11. The number of hydrogen-bond acceptors (Lipinski definition) is 4. The van der Waals surface area contributed by atoms with Crippen molar-refractivity contribution >= 4 is 5.97 Å². The molecule has 0 radical (unpaired) electrons. The molecule has 0 saturated carbocycles. The normalized spacial score (nSPS) is 13.4. The highest BCUT2D eigenvalue weighted by atomic mass is 16.6. The van der Waals surface area contributed by atoms with Crippen LogP contribution in [0.1, 0.15) is 155 Å². The van der Waals surface area contributed by atoms with Crippen LogP contribution in [0, 0.1) is 0 Å². The van der Waals surface area contributed by atoms with E-state index in [2.05, 4.69) is 111 Å². The molecule has 0 aromatic heterocycles. The second-order valence-electron chi connectivity index (χ2n) is 12.6. The summed E-state index contributed by atoms with van der Waals surface area (Å²) in [6.45, 7) is 5.05. The number of carbonyl (C=O) groups excluding carboxylic acids is 1. The van der Waals surface area contributed by atoms with Crippen molar-refractivity contribution in [2.24, 2.45) is 0 Å². The summed E-state index contributed by atoms with van der Waals surface area (Å²) >= 11 is 0. The van der Waals surface area contributed by atoms with Crippen molar-refractivity contribution < 1.29 is 19.4 Å². The van der Waals surface area contributed by atoms with Gasteiger partial charge in [0.25, 0.3) is 0 Å². The van der Waals surface area contributed by atoms with E-state index in [0.29, 0.717) is 13.0 Å². The fourth-order valence-electron chi connectivity index (χ4n) is 5.01. The molecule has 1 N–H and O–H groups in total. The second kappa shape index (κ2) is 41.5. The van der Waals surface area contributed by atoms with Crippen molar-refractivity contribution in [1.29, 1.82) is 0 Å². The predicted octanol–water partition coefficient (Wildman–Crippen LogP) is 13.0. The van der Waals surface area contributed by atoms with Crippen LogP contribution in [-0.2, 0) is 14.3 Å². The summed E-state index contributed by atoms with van der Waals surface area (Å²) in [6.07, 6.45) is 58.8. The minimum atomic E-state index is -0.562. The third kappa shape index (κ3) is 39.6. The summed E-state index contributed by atoms with van der Waals surface area (Å²) in [7, 11) is 0. The van der Waals surface area contributed by atoms with E-state index in [4.69, 9.17) is 9.47 Å². The van der Waals surface area contributed by atoms with Gasteiger partial charge in [-0.05, 0) is 89.9 Å². The molecule has 0 aliphatic heterocycles. The first-order valence-electron chi connectivity index (χ1n) is 19.8. The lowest BCUT2D eigenvalue weighted by Gasteiger charge is -2.15. The Kier molecular flexibility index (Phi) is 39.2. The van der Waals surface area contributed by atoms with Crippen LogP contribution in [0.25, 0.3) is 0 Å². The lowest BCUT2D eigenvalue weighted by Crippen LogP contribution is -2.27. The maximum Gasteiger partial charge on any atom is 0.306 e. The summed E-state index contributed by atoms with van der Waals surface area (Å²) in [4.78, 5) is 12.2. The van der Waals surface area contributed by atoms with Gasteiger partial charge in [-0.2, -0.15) is 0 Å². The third-order valence-electron chi connectivity index (χ3n) is 7.90. The van der Waals surface area contributed by atoms with E-state index >= 15 is 0 Å². The highest BCUT2D eigenvalue weighted by Gasteiger charge is 2.13. The first kappa shape index (κ1) is 46.3. The van der Waals surface area contributed by atoms with E-state index in [1.54, 1.807) is 0 Å². The molecule has 0 aliphatic carbocycles. The summed E-state index contributed by atoms with van der Waals surface area (Å²) in [5.74, 6) is -0.239. The van der Waals surface area contributed by atoms with Crippen LogP contribution >= 0.6 is 0 Å². The maximum atomic E-state index is 12.2. The molecular weight excluding hydrogens is 604 g/mol. The number of esters is 1. The van der Waals surface area contributed by atoms with Crippen molar-refractivity contribution in [2.45, 2.75) is 161 Å². The largest absolute Gasteiger partial charge is 0.457 e. The Morgan fingerprint density at radius 3 is 1.29 bits per heavy atom. The van der Waals surface area contributed by atoms with E-state index in [1.807, 2.05) is 0 Å². The van der Waals surface area contributed by atoms with Gasteiger partial charge in [0.2, 0.25) is 0 Å². The van der Waals surface area contributed by atoms with Gasteiger partial charge in [0.15, 0.2) is 0 Å². The average Bonchev–Trinajstić information content (AvgIpc) is 3.11. The molecule has 0 spiro atoms. The monoisotopic (exact) mass is 679 g/mol. The molecule has 0 heterocycles. The van der Waals surface area contributed by atoms with Crippen molar-refractivity contribution in [3.8, 4) is 0 Å². The van der Waals surface area contributed by atoms with E-state index < -0.39 is 6.10 Å². The van der Waals surface area contributed by atoms with Gasteiger partial charge >= 0.3 is 5.97 Å². The zero-order valence-electron chi connectivity index (χ0n) is 31.7. The van der Waals surface area contributed by atoms with Gasteiger partial charge in [-0.3, -0.25) is 4.79 Å². The number of aliphatic hydroxyl groups excluding tert-OH is 1. The fourth-order valence-corrected chi connectivity index (χ4v) is 5.01. The minimum absolute atomic E-state index is 0.195. The number of rotatable bonds is 35. The molecule has 0 aromatic carbocycles. The smallest absolute Gasteiger partial charge is 0.306 e. The Labute approximate surface area is 302 Å². The molecule has 4 nitrogen and oxygen atoms in total. The van der Waals surface area contributed by atoms with Crippen molar-refractivity contribution in [1.82, 2.24) is 0 Å². The Balaban J connectivity index is 3.57. The summed E-state index contributed by atoms with van der Waals surface area (Å²) in [5.41, 5.74) is 0. The molecule has 0 saturated heterocycles. The molecule has 0 aliphatic rings. The van der Waals surface area contributed by atoms with Crippen LogP contribution in [0.4, 0.5) is 0 Å². The second-order valence-corrected chi connectivity index (χ2v) is 12.6. The molecule has 0 rings (SSSR count). The van der Waals surface area contributed by atoms with Gasteiger partial charge in [0.05, 0.1) is 13.2 Å². The predicted molar refractivity (Wildman–Crippen MR) is 214 cm³/mol. The number of hydrogen-bond donors (Lipinski definition) is 1. The number of allylic oxidation sites excluding steroid dienone is 16. The molecule has 0 amide bonds. The van der Waals surface area contributed by atoms with Crippen molar-refractivity contribution in [3.63, 3.8) is 0 Å². The summed E-state index contributed by atoms with van der Waals surface area (Å²) in [5, 5.41) is 9.58. The summed E-state index contributed by atoms with van der Waals surface area (Å²) < 4.78 is 11.1. The molecule has 1 unspecified atom stereocenters. The Bertz CT molecular complexity index is 934. The maximum absolute atomic E-state index is 12.2. The van der Waals surface area contributed by atoms with Gasteiger partial charge in [-0.25, -0.2) is 0 Å². The van der Waals surface area contributed by atoms with Crippen LogP contribution < -0.4 is 0 Å². The Morgan fingerprint density at radius 1 is 0.490 bits per heavy atom. The van der Waals surface area contributed by atoms with Crippen molar-refractivity contribution in [2.75, 3.05) is 19.8 Å². The van der Waals surface area contributed by atoms with E-state index in [1.165, 1.54) is 44.9 Å². The van der Waals surface area contributed by atoms with Gasteiger partial charge in [0, 0.05) is 13.0 Å². The number of unbranched alkanes of at least 4 members (excludes halogenated alkanes) is 11. The first-order chi connectivity index (χ1) is 24.2. The van der Waals surface area contributed by atoms with Gasteiger partial charge < -0.3 is 14.6 Å². The van der Waals surface area contributed by atoms with Gasteiger partial charge in [-0.1, -0.05) is 156 Å². The molecule has 49 heavy (non-hydrogen) atoms. The van der Waals surface area contributed by atoms with E-state index in [9.17, 15) is 9.90 Å². The lowest BCUT2D eigenvalue weighted by atomic mass is 10.1. The molecular formula is C45H74O4. The number of aliphatic hydroxyl groups is 1. The van der Waals surface area contributed by atoms with Crippen LogP contribution in [0.2, 0.25) is 0 Å². The molecule has 278 valence electrons. The lowest BCUT2D eigenvalue weighted by molar-refractivity contribution is -0.154. The van der Waals surface area contributed by atoms with Crippen LogP contribution in [0.5, 0.6) is 0 Å².